The fourth-order valence-electron chi connectivity index (χ4n) is 4.76. The van der Waals surface area contributed by atoms with Crippen LogP contribution < -0.4 is 0 Å². The van der Waals surface area contributed by atoms with Gasteiger partial charge in [-0.15, -0.1) is 0 Å². The van der Waals surface area contributed by atoms with Crippen LogP contribution in [-0.4, -0.2) is 12.3 Å². The van der Waals surface area contributed by atoms with Crippen molar-refractivity contribution in [1.82, 2.24) is 0 Å². The standard InChI is InChI=1S/C19H23F5/c1-2-3-10-4-13-14(5-10)16(21)7-11(6-15(13)20)12-8-17(22)19(24)18(23)9-12/h8-11,13-16H,2-7H2,1H3. The number of benzene rings is 1. The quantitative estimate of drug-likeness (QED) is 0.458. The van der Waals surface area contributed by atoms with Crippen LogP contribution in [0.2, 0.25) is 0 Å². The number of fused-ring (bicyclic) bond motifs is 1. The average Bonchev–Trinajstić information content (AvgIpc) is 2.91. The Bertz CT molecular complexity index is 544. The molecule has 4 atom stereocenters. The number of alkyl halides is 2. The van der Waals surface area contributed by atoms with Crippen molar-refractivity contribution in [3.8, 4) is 0 Å². The molecule has 0 aliphatic heterocycles. The van der Waals surface area contributed by atoms with Gasteiger partial charge in [-0.25, -0.2) is 22.0 Å². The van der Waals surface area contributed by atoms with E-state index in [0.717, 1.165) is 25.0 Å². The summed E-state index contributed by atoms with van der Waals surface area (Å²) in [5.41, 5.74) is 0.154. The molecule has 0 heterocycles. The van der Waals surface area contributed by atoms with Gasteiger partial charge in [0.2, 0.25) is 0 Å². The first kappa shape index (κ1) is 17.7. The Morgan fingerprint density at radius 1 is 0.875 bits per heavy atom. The molecule has 0 spiro atoms. The lowest BCUT2D eigenvalue weighted by molar-refractivity contribution is 0.137. The molecule has 134 valence electrons. The molecule has 0 radical (unpaired) electrons. The van der Waals surface area contributed by atoms with Crippen molar-refractivity contribution >= 4 is 0 Å². The summed E-state index contributed by atoms with van der Waals surface area (Å²) in [6, 6.07) is 1.76. The van der Waals surface area contributed by atoms with Gasteiger partial charge in [-0.3, -0.25) is 0 Å². The van der Waals surface area contributed by atoms with Crippen molar-refractivity contribution in [2.45, 2.75) is 63.7 Å². The second-order valence-electron chi connectivity index (χ2n) is 7.45. The summed E-state index contributed by atoms with van der Waals surface area (Å²) in [6.07, 6.45) is 1.12. The summed E-state index contributed by atoms with van der Waals surface area (Å²) in [5, 5.41) is 0. The Morgan fingerprint density at radius 2 is 1.38 bits per heavy atom. The molecule has 0 saturated heterocycles. The second kappa shape index (κ2) is 7.01. The highest BCUT2D eigenvalue weighted by Gasteiger charge is 2.46. The lowest BCUT2D eigenvalue weighted by Gasteiger charge is -2.21. The van der Waals surface area contributed by atoms with Crippen LogP contribution in [0.15, 0.2) is 12.1 Å². The summed E-state index contributed by atoms with van der Waals surface area (Å²) in [4.78, 5) is 0. The van der Waals surface area contributed by atoms with Crippen LogP contribution in [-0.2, 0) is 0 Å². The summed E-state index contributed by atoms with van der Waals surface area (Å²) >= 11 is 0. The van der Waals surface area contributed by atoms with Crippen LogP contribution in [0.3, 0.4) is 0 Å². The molecule has 2 aliphatic rings. The highest BCUT2D eigenvalue weighted by atomic mass is 19.2. The first-order chi connectivity index (χ1) is 11.4. The molecule has 4 unspecified atom stereocenters. The largest absolute Gasteiger partial charge is 0.247 e. The Hall–Kier alpha value is -1.13. The van der Waals surface area contributed by atoms with Crippen LogP contribution >= 0.6 is 0 Å². The van der Waals surface area contributed by atoms with Crippen molar-refractivity contribution < 1.29 is 22.0 Å². The van der Waals surface area contributed by atoms with Crippen molar-refractivity contribution in [3.05, 3.63) is 35.1 Å². The Kier molecular flexibility index (Phi) is 5.16. The summed E-state index contributed by atoms with van der Waals surface area (Å²) in [5.74, 6) is -5.01. The van der Waals surface area contributed by atoms with E-state index in [1.165, 1.54) is 0 Å². The molecule has 5 heteroatoms. The third kappa shape index (κ3) is 3.31. The number of hydrogen-bond acceptors (Lipinski definition) is 0. The highest BCUT2D eigenvalue weighted by molar-refractivity contribution is 5.24. The second-order valence-corrected chi connectivity index (χ2v) is 7.45. The first-order valence-corrected chi connectivity index (χ1v) is 8.83. The molecule has 0 aromatic heterocycles. The predicted octanol–water partition coefficient (Wildman–Crippen LogP) is 6.10. The Balaban J connectivity index is 1.81. The maximum Gasteiger partial charge on any atom is 0.194 e. The van der Waals surface area contributed by atoms with E-state index in [0.29, 0.717) is 18.8 Å². The highest BCUT2D eigenvalue weighted by Crippen LogP contribution is 2.50. The molecule has 0 N–H and O–H groups in total. The smallest absolute Gasteiger partial charge is 0.194 e. The molecule has 1 aromatic rings. The SMILES string of the molecule is CCCC1CC2C(F)CC(c3cc(F)c(F)c(F)c3)CC(F)C2C1. The van der Waals surface area contributed by atoms with Gasteiger partial charge in [0.25, 0.3) is 0 Å². The number of rotatable bonds is 3. The minimum absolute atomic E-state index is 0.0466. The van der Waals surface area contributed by atoms with E-state index in [9.17, 15) is 22.0 Å². The van der Waals surface area contributed by atoms with Crippen LogP contribution in [0.1, 0.15) is 56.9 Å². The maximum absolute atomic E-state index is 14.8. The number of hydrogen-bond donors (Lipinski definition) is 0. The topological polar surface area (TPSA) is 0 Å². The van der Waals surface area contributed by atoms with Gasteiger partial charge in [-0.1, -0.05) is 19.8 Å². The molecular formula is C19H23F5. The molecular weight excluding hydrogens is 323 g/mol. The van der Waals surface area contributed by atoms with Gasteiger partial charge < -0.3 is 0 Å². The monoisotopic (exact) mass is 346 g/mol. The van der Waals surface area contributed by atoms with E-state index in [1.807, 2.05) is 0 Å². The fourth-order valence-corrected chi connectivity index (χ4v) is 4.76. The van der Waals surface area contributed by atoms with Gasteiger partial charge in [0, 0.05) is 0 Å². The zero-order valence-electron chi connectivity index (χ0n) is 13.8. The van der Waals surface area contributed by atoms with Crippen LogP contribution in [0.5, 0.6) is 0 Å². The van der Waals surface area contributed by atoms with E-state index in [1.54, 1.807) is 0 Å². The summed E-state index contributed by atoms with van der Waals surface area (Å²) < 4.78 is 69.6. The van der Waals surface area contributed by atoms with Crippen molar-refractivity contribution in [1.29, 1.82) is 0 Å². The van der Waals surface area contributed by atoms with Gasteiger partial charge in [0.05, 0.1) is 0 Å². The lowest BCUT2D eigenvalue weighted by atomic mass is 9.88. The van der Waals surface area contributed by atoms with Gasteiger partial charge in [-0.2, -0.15) is 0 Å². The third-order valence-electron chi connectivity index (χ3n) is 5.88. The summed E-state index contributed by atoms with van der Waals surface area (Å²) in [6.45, 7) is 2.07. The van der Waals surface area contributed by atoms with Gasteiger partial charge in [0.15, 0.2) is 17.5 Å². The van der Waals surface area contributed by atoms with Crippen molar-refractivity contribution in [2.24, 2.45) is 17.8 Å². The zero-order chi connectivity index (χ0) is 17.4. The van der Waals surface area contributed by atoms with Gasteiger partial charge in [-0.05, 0) is 67.1 Å². The number of halogens is 5. The Morgan fingerprint density at radius 3 is 1.83 bits per heavy atom. The molecule has 0 nitrogen and oxygen atoms in total. The van der Waals surface area contributed by atoms with E-state index in [2.05, 4.69) is 6.92 Å². The van der Waals surface area contributed by atoms with Gasteiger partial charge >= 0.3 is 0 Å². The summed E-state index contributed by atoms with van der Waals surface area (Å²) in [7, 11) is 0. The molecule has 2 fully saturated rings. The predicted molar refractivity (Wildman–Crippen MR) is 82.7 cm³/mol. The third-order valence-corrected chi connectivity index (χ3v) is 5.88. The maximum atomic E-state index is 14.8. The first-order valence-electron chi connectivity index (χ1n) is 8.83. The molecule has 2 aliphatic carbocycles. The molecule has 3 rings (SSSR count). The van der Waals surface area contributed by atoms with Crippen LogP contribution in [0.25, 0.3) is 0 Å². The van der Waals surface area contributed by atoms with Crippen molar-refractivity contribution in [2.75, 3.05) is 0 Å². The average molecular weight is 346 g/mol. The fraction of sp³-hybridized carbons (Fsp3) is 0.684. The van der Waals surface area contributed by atoms with E-state index in [-0.39, 0.29) is 30.2 Å². The van der Waals surface area contributed by atoms with Gasteiger partial charge in [0.1, 0.15) is 12.3 Å². The van der Waals surface area contributed by atoms with E-state index < -0.39 is 35.7 Å². The van der Waals surface area contributed by atoms with Crippen molar-refractivity contribution in [3.63, 3.8) is 0 Å². The molecule has 2 saturated carbocycles. The van der Waals surface area contributed by atoms with Crippen LogP contribution in [0.4, 0.5) is 22.0 Å². The Labute approximate surface area is 139 Å². The molecule has 0 bridgehead atoms. The normalized spacial score (nSPS) is 36.4. The zero-order valence-corrected chi connectivity index (χ0v) is 13.8. The van der Waals surface area contributed by atoms with E-state index >= 15 is 0 Å². The lowest BCUT2D eigenvalue weighted by Crippen LogP contribution is -2.23. The minimum atomic E-state index is -1.54. The minimum Gasteiger partial charge on any atom is -0.247 e. The molecule has 24 heavy (non-hydrogen) atoms. The molecule has 1 aromatic carbocycles. The molecule has 0 amide bonds. The van der Waals surface area contributed by atoms with Crippen LogP contribution in [0, 0.1) is 35.2 Å². The van der Waals surface area contributed by atoms with E-state index in [4.69, 9.17) is 0 Å².